The van der Waals surface area contributed by atoms with Gasteiger partial charge < -0.3 is 15.1 Å². The van der Waals surface area contributed by atoms with Gasteiger partial charge in [0.2, 0.25) is 0 Å². The highest BCUT2D eigenvalue weighted by atomic mass is 16.2. The number of piperazine rings is 1. The van der Waals surface area contributed by atoms with Crippen molar-refractivity contribution < 1.29 is 9.59 Å². The highest BCUT2D eigenvalue weighted by Gasteiger charge is 2.21. The van der Waals surface area contributed by atoms with Crippen molar-refractivity contribution in [2.45, 2.75) is 6.92 Å². The predicted octanol–water partition coefficient (Wildman–Crippen LogP) is 1.81. The molecule has 0 atom stereocenters. The van der Waals surface area contributed by atoms with E-state index in [1.165, 1.54) is 19.3 Å². The van der Waals surface area contributed by atoms with Gasteiger partial charge in [-0.15, -0.1) is 0 Å². The van der Waals surface area contributed by atoms with Crippen molar-refractivity contribution in [3.63, 3.8) is 0 Å². The fourth-order valence-electron chi connectivity index (χ4n) is 2.64. The molecule has 1 aromatic carbocycles. The van der Waals surface area contributed by atoms with Gasteiger partial charge in [-0.25, -0.2) is 9.97 Å². The van der Waals surface area contributed by atoms with E-state index in [0.29, 0.717) is 30.2 Å². The van der Waals surface area contributed by atoms with Gasteiger partial charge in [0.15, 0.2) is 5.78 Å². The van der Waals surface area contributed by atoms with E-state index < -0.39 is 0 Å². The van der Waals surface area contributed by atoms with Crippen LogP contribution < -0.4 is 5.32 Å². The van der Waals surface area contributed by atoms with Crippen molar-refractivity contribution >= 4 is 23.2 Å². The van der Waals surface area contributed by atoms with Crippen LogP contribution in [0.25, 0.3) is 0 Å². The van der Waals surface area contributed by atoms with Gasteiger partial charge in [0.05, 0.1) is 12.4 Å². The van der Waals surface area contributed by atoms with Crippen LogP contribution in [0.1, 0.15) is 27.8 Å². The van der Waals surface area contributed by atoms with E-state index in [4.69, 9.17) is 0 Å². The SMILES string of the molecule is CC(=O)c1cccc(Nc2cnc(C(=O)N3CCN(C)CC3)cn2)c1. The molecule has 0 unspecified atom stereocenters. The smallest absolute Gasteiger partial charge is 0.274 e. The zero-order valence-corrected chi connectivity index (χ0v) is 14.4. The molecule has 0 bridgehead atoms. The van der Waals surface area contributed by atoms with Crippen LogP contribution in [0.2, 0.25) is 0 Å². The van der Waals surface area contributed by atoms with Crippen molar-refractivity contribution in [2.75, 3.05) is 38.5 Å². The first-order chi connectivity index (χ1) is 12.0. The van der Waals surface area contributed by atoms with Crippen molar-refractivity contribution in [3.8, 4) is 0 Å². The number of hydrogen-bond donors (Lipinski definition) is 1. The highest BCUT2D eigenvalue weighted by Crippen LogP contribution is 2.16. The summed E-state index contributed by atoms with van der Waals surface area (Å²) in [5.41, 5.74) is 1.72. The lowest BCUT2D eigenvalue weighted by Gasteiger charge is -2.32. The molecule has 1 aromatic heterocycles. The number of amides is 1. The van der Waals surface area contributed by atoms with E-state index in [9.17, 15) is 9.59 Å². The van der Waals surface area contributed by atoms with Gasteiger partial charge in [-0.1, -0.05) is 12.1 Å². The first kappa shape index (κ1) is 17.0. The second-order valence-corrected chi connectivity index (χ2v) is 6.14. The molecule has 0 aliphatic carbocycles. The van der Waals surface area contributed by atoms with Crippen molar-refractivity contribution in [2.24, 2.45) is 0 Å². The van der Waals surface area contributed by atoms with Crippen LogP contribution in [-0.2, 0) is 0 Å². The topological polar surface area (TPSA) is 78.4 Å². The molecule has 25 heavy (non-hydrogen) atoms. The van der Waals surface area contributed by atoms with Gasteiger partial charge in [-0.3, -0.25) is 9.59 Å². The van der Waals surface area contributed by atoms with Crippen molar-refractivity contribution in [1.29, 1.82) is 0 Å². The number of carbonyl (C=O) groups is 2. The molecule has 1 aliphatic rings. The Balaban J connectivity index is 1.67. The first-order valence-corrected chi connectivity index (χ1v) is 8.21. The second-order valence-electron chi connectivity index (χ2n) is 6.14. The van der Waals surface area contributed by atoms with E-state index in [0.717, 1.165) is 18.8 Å². The monoisotopic (exact) mass is 339 g/mol. The normalized spacial score (nSPS) is 15.0. The Morgan fingerprint density at radius 2 is 1.84 bits per heavy atom. The maximum Gasteiger partial charge on any atom is 0.274 e. The Kier molecular flexibility index (Phi) is 5.04. The fraction of sp³-hybridized carbons (Fsp3) is 0.333. The van der Waals surface area contributed by atoms with Crippen LogP contribution in [0, 0.1) is 0 Å². The Morgan fingerprint density at radius 3 is 2.48 bits per heavy atom. The molecule has 1 N–H and O–H groups in total. The average Bonchev–Trinajstić information content (AvgIpc) is 2.63. The van der Waals surface area contributed by atoms with E-state index in [1.54, 1.807) is 23.1 Å². The van der Waals surface area contributed by atoms with Crippen molar-refractivity contribution in [3.05, 3.63) is 47.9 Å². The molecule has 1 saturated heterocycles. The van der Waals surface area contributed by atoms with Gasteiger partial charge in [-0.05, 0) is 26.1 Å². The Morgan fingerprint density at radius 1 is 1.08 bits per heavy atom. The summed E-state index contributed by atoms with van der Waals surface area (Å²) in [5, 5.41) is 3.09. The van der Waals surface area contributed by atoms with E-state index in [2.05, 4.69) is 20.2 Å². The summed E-state index contributed by atoms with van der Waals surface area (Å²) in [6.45, 7) is 4.66. The van der Waals surface area contributed by atoms with Gasteiger partial charge >= 0.3 is 0 Å². The number of Topliss-reactive ketones (excluding diaryl/α,β-unsaturated/α-hetero) is 1. The van der Waals surface area contributed by atoms with Crippen LogP contribution in [0.15, 0.2) is 36.7 Å². The van der Waals surface area contributed by atoms with E-state index in [1.807, 2.05) is 13.1 Å². The molecule has 0 saturated carbocycles. The number of hydrogen-bond acceptors (Lipinski definition) is 6. The Hall–Kier alpha value is -2.80. The molecule has 3 rings (SSSR count). The number of anilines is 2. The number of carbonyl (C=O) groups excluding carboxylic acids is 2. The third kappa shape index (κ3) is 4.19. The molecule has 1 amide bonds. The van der Waals surface area contributed by atoms with Crippen LogP contribution in [-0.4, -0.2) is 64.7 Å². The molecule has 2 heterocycles. The number of rotatable bonds is 4. The number of nitrogens with one attached hydrogen (secondary N) is 1. The standard InChI is InChI=1S/C18H21N5O2/c1-13(24)14-4-3-5-15(10-14)21-17-12-19-16(11-20-17)18(25)23-8-6-22(2)7-9-23/h3-5,10-12H,6-9H2,1-2H3,(H,20,21). The molecule has 2 aromatic rings. The van der Waals surface area contributed by atoms with Gasteiger partial charge in [0, 0.05) is 37.4 Å². The molecule has 1 aliphatic heterocycles. The summed E-state index contributed by atoms with van der Waals surface area (Å²) in [4.78, 5) is 36.4. The number of likely N-dealkylation sites (N-methyl/N-ethyl adjacent to an activating group) is 1. The van der Waals surface area contributed by atoms with E-state index >= 15 is 0 Å². The lowest BCUT2D eigenvalue weighted by atomic mass is 10.1. The summed E-state index contributed by atoms with van der Waals surface area (Å²) in [6, 6.07) is 7.17. The van der Waals surface area contributed by atoms with E-state index in [-0.39, 0.29) is 11.7 Å². The van der Waals surface area contributed by atoms with Gasteiger partial charge in [0.25, 0.3) is 5.91 Å². The fourth-order valence-corrected chi connectivity index (χ4v) is 2.64. The summed E-state index contributed by atoms with van der Waals surface area (Å²) < 4.78 is 0. The molecular weight excluding hydrogens is 318 g/mol. The summed E-state index contributed by atoms with van der Waals surface area (Å²) in [5.74, 6) is 0.434. The maximum absolute atomic E-state index is 12.4. The molecule has 1 fully saturated rings. The van der Waals surface area contributed by atoms with Crippen LogP contribution in [0.5, 0.6) is 0 Å². The number of aromatic nitrogens is 2. The first-order valence-electron chi connectivity index (χ1n) is 8.21. The van der Waals surface area contributed by atoms with Crippen LogP contribution >= 0.6 is 0 Å². The minimum absolute atomic E-state index is 0.00264. The van der Waals surface area contributed by atoms with Crippen LogP contribution in [0.4, 0.5) is 11.5 Å². The summed E-state index contributed by atoms with van der Waals surface area (Å²) in [7, 11) is 2.04. The number of ketones is 1. The molecule has 130 valence electrons. The number of benzene rings is 1. The lowest BCUT2D eigenvalue weighted by Crippen LogP contribution is -2.47. The molecule has 7 heteroatoms. The van der Waals surface area contributed by atoms with Crippen LogP contribution in [0.3, 0.4) is 0 Å². The average molecular weight is 339 g/mol. The zero-order valence-electron chi connectivity index (χ0n) is 14.4. The molecule has 7 nitrogen and oxygen atoms in total. The predicted molar refractivity (Wildman–Crippen MR) is 95.2 cm³/mol. The third-order valence-electron chi connectivity index (χ3n) is 4.20. The molecule has 0 radical (unpaired) electrons. The minimum Gasteiger partial charge on any atom is -0.339 e. The second kappa shape index (κ2) is 7.40. The minimum atomic E-state index is -0.0919. The van der Waals surface area contributed by atoms with Gasteiger partial charge in [-0.2, -0.15) is 0 Å². The zero-order chi connectivity index (χ0) is 17.8. The largest absolute Gasteiger partial charge is 0.339 e. The quantitative estimate of drug-likeness (QED) is 0.856. The Bertz CT molecular complexity index is 767. The molecular formula is C18H21N5O2. The highest BCUT2D eigenvalue weighted by molar-refractivity contribution is 5.95. The lowest BCUT2D eigenvalue weighted by molar-refractivity contribution is 0.0657. The number of nitrogens with zero attached hydrogens (tertiary/aromatic N) is 4. The molecule has 0 spiro atoms. The Labute approximate surface area is 146 Å². The summed E-state index contributed by atoms with van der Waals surface area (Å²) >= 11 is 0. The van der Waals surface area contributed by atoms with Crippen molar-refractivity contribution in [1.82, 2.24) is 19.8 Å². The van der Waals surface area contributed by atoms with Gasteiger partial charge in [0.1, 0.15) is 11.5 Å². The third-order valence-corrected chi connectivity index (χ3v) is 4.20. The summed E-state index contributed by atoms with van der Waals surface area (Å²) in [6.07, 6.45) is 3.02. The maximum atomic E-state index is 12.4.